The molecule has 1 aliphatic heterocycles. The van der Waals surface area contributed by atoms with Crippen LogP contribution in [0.2, 0.25) is 0 Å². The molecule has 104 valence electrons. The molecule has 6 heteroatoms. The third-order valence-corrected chi connectivity index (χ3v) is 5.17. The third kappa shape index (κ3) is 3.11. The lowest BCUT2D eigenvalue weighted by Gasteiger charge is -2.25. The van der Waals surface area contributed by atoms with Gasteiger partial charge in [-0.3, -0.25) is 4.79 Å². The van der Waals surface area contributed by atoms with Crippen LogP contribution in [-0.2, 0) is 4.79 Å². The van der Waals surface area contributed by atoms with Crippen LogP contribution in [0, 0.1) is 11.3 Å². The van der Waals surface area contributed by atoms with Gasteiger partial charge in [0.1, 0.15) is 22.8 Å². The lowest BCUT2D eigenvalue weighted by Crippen LogP contribution is -2.31. The van der Waals surface area contributed by atoms with Gasteiger partial charge in [0.25, 0.3) is 5.91 Å². The minimum Gasteiger partial charge on any atom is -0.497 e. The van der Waals surface area contributed by atoms with Crippen LogP contribution in [0.15, 0.2) is 34.1 Å². The van der Waals surface area contributed by atoms with E-state index in [4.69, 9.17) is 10.00 Å². The molecule has 0 aromatic heterocycles. The second-order valence-electron chi connectivity index (χ2n) is 3.95. The van der Waals surface area contributed by atoms with Gasteiger partial charge in [0.2, 0.25) is 0 Å². The topological polar surface area (TPSA) is 62.1 Å². The molecule has 1 N–H and O–H groups in total. The second-order valence-corrected chi connectivity index (χ2v) is 6.60. The number of carbonyl (C=O) groups is 1. The van der Waals surface area contributed by atoms with Gasteiger partial charge in [0, 0.05) is 0 Å². The van der Waals surface area contributed by atoms with Crippen molar-refractivity contribution in [1.29, 1.82) is 5.26 Å². The van der Waals surface area contributed by atoms with Crippen LogP contribution < -0.4 is 10.1 Å². The van der Waals surface area contributed by atoms with Gasteiger partial charge in [0.05, 0.1) is 11.3 Å². The van der Waals surface area contributed by atoms with Crippen molar-refractivity contribution in [2.24, 2.45) is 0 Å². The van der Waals surface area contributed by atoms with Crippen molar-refractivity contribution in [3.63, 3.8) is 0 Å². The highest BCUT2D eigenvalue weighted by Crippen LogP contribution is 2.43. The van der Waals surface area contributed by atoms with Crippen LogP contribution in [0.25, 0.3) is 0 Å². The summed E-state index contributed by atoms with van der Waals surface area (Å²) in [4.78, 5) is 12.0. The zero-order chi connectivity index (χ0) is 14.5. The number of nitrogens with one attached hydrogen (secondary N) is 1. The summed E-state index contributed by atoms with van der Waals surface area (Å²) in [7, 11) is 1.62. The highest BCUT2D eigenvalue weighted by molar-refractivity contribution is 8.22. The molecule has 4 nitrogen and oxygen atoms in total. The maximum atomic E-state index is 12.0. The molecule has 0 spiro atoms. The molecular formula is C14H14N2O2S2. The number of ether oxygens (including phenoxy) is 1. The Balaban J connectivity index is 2.25. The fourth-order valence-electron chi connectivity index (χ4n) is 1.74. The Morgan fingerprint density at radius 1 is 1.45 bits per heavy atom. The Kier molecular flexibility index (Phi) is 4.99. The molecule has 0 unspecified atom stereocenters. The number of rotatable bonds is 4. The number of nitrogens with zero attached hydrogens (tertiary/aromatic N) is 1. The molecule has 0 aliphatic carbocycles. The number of benzene rings is 1. The smallest absolute Gasteiger partial charge is 0.264 e. The molecule has 1 heterocycles. The van der Waals surface area contributed by atoms with E-state index in [1.54, 1.807) is 7.11 Å². The average Bonchev–Trinajstić information content (AvgIpc) is 2.47. The molecule has 1 aromatic rings. The predicted molar refractivity (Wildman–Crippen MR) is 82.2 cm³/mol. The van der Waals surface area contributed by atoms with Crippen molar-refractivity contribution >= 4 is 29.4 Å². The number of nitriles is 1. The predicted octanol–water partition coefficient (Wildman–Crippen LogP) is 3.05. The first-order valence-electron chi connectivity index (χ1n) is 6.08. The standard InChI is InChI=1S/C14H14N2O2S2/c1-3-19-14-11(8-15)12(17)16-13(20-14)9-4-6-10(18-2)7-5-9/h4-7,13H,3H2,1-2H3,(H,16,17)/t13-/m0/s1. The largest absolute Gasteiger partial charge is 0.497 e. The van der Waals surface area contributed by atoms with Crippen molar-refractivity contribution in [2.45, 2.75) is 12.3 Å². The molecule has 0 saturated carbocycles. The quantitative estimate of drug-likeness (QED) is 0.926. The molecule has 0 bridgehead atoms. The first-order chi connectivity index (χ1) is 9.69. The van der Waals surface area contributed by atoms with Gasteiger partial charge in [-0.05, 0) is 23.4 Å². The van der Waals surface area contributed by atoms with E-state index >= 15 is 0 Å². The Hall–Kier alpha value is -1.58. The highest BCUT2D eigenvalue weighted by atomic mass is 32.2. The van der Waals surface area contributed by atoms with Gasteiger partial charge < -0.3 is 10.1 Å². The van der Waals surface area contributed by atoms with E-state index in [0.29, 0.717) is 0 Å². The summed E-state index contributed by atoms with van der Waals surface area (Å²) >= 11 is 3.04. The van der Waals surface area contributed by atoms with Gasteiger partial charge >= 0.3 is 0 Å². The Bertz CT molecular complexity index is 576. The number of carbonyl (C=O) groups excluding carboxylic acids is 1. The molecule has 1 atom stereocenters. The summed E-state index contributed by atoms with van der Waals surface area (Å²) in [6.45, 7) is 2.00. The monoisotopic (exact) mass is 306 g/mol. The molecule has 1 aromatic carbocycles. The molecule has 0 radical (unpaired) electrons. The van der Waals surface area contributed by atoms with E-state index in [1.165, 1.54) is 23.5 Å². The fourth-order valence-corrected chi connectivity index (χ4v) is 4.13. The lowest BCUT2D eigenvalue weighted by atomic mass is 10.2. The lowest BCUT2D eigenvalue weighted by molar-refractivity contribution is -0.117. The minimum absolute atomic E-state index is 0.167. The molecule has 1 aliphatic rings. The first-order valence-corrected chi connectivity index (χ1v) is 7.94. The summed E-state index contributed by atoms with van der Waals surface area (Å²) in [5, 5.41) is 11.8. The zero-order valence-corrected chi connectivity index (χ0v) is 12.8. The highest BCUT2D eigenvalue weighted by Gasteiger charge is 2.28. The first kappa shape index (κ1) is 14.8. The van der Waals surface area contributed by atoms with E-state index in [9.17, 15) is 4.79 Å². The van der Waals surface area contributed by atoms with Crippen LogP contribution in [-0.4, -0.2) is 18.8 Å². The van der Waals surface area contributed by atoms with Gasteiger partial charge in [-0.15, -0.1) is 11.8 Å². The summed E-state index contributed by atoms with van der Waals surface area (Å²) in [6.07, 6.45) is 0. The van der Waals surface area contributed by atoms with Gasteiger partial charge in [-0.25, -0.2) is 0 Å². The number of hydrogen-bond acceptors (Lipinski definition) is 5. The summed E-state index contributed by atoms with van der Waals surface area (Å²) in [5.74, 6) is 1.30. The van der Waals surface area contributed by atoms with Crippen molar-refractivity contribution in [2.75, 3.05) is 12.9 Å². The Morgan fingerprint density at radius 3 is 2.70 bits per heavy atom. The van der Waals surface area contributed by atoms with E-state index in [1.807, 2.05) is 37.3 Å². The molecule has 0 saturated heterocycles. The average molecular weight is 306 g/mol. The molecule has 20 heavy (non-hydrogen) atoms. The van der Waals surface area contributed by atoms with Crippen LogP contribution in [0.4, 0.5) is 0 Å². The molecule has 1 amide bonds. The number of methoxy groups -OCH3 is 1. The van der Waals surface area contributed by atoms with Crippen LogP contribution >= 0.6 is 23.5 Å². The van der Waals surface area contributed by atoms with Crippen molar-refractivity contribution in [3.8, 4) is 11.8 Å². The number of hydrogen-bond donors (Lipinski definition) is 1. The van der Waals surface area contributed by atoms with Crippen molar-refractivity contribution in [1.82, 2.24) is 5.32 Å². The minimum atomic E-state index is -0.303. The van der Waals surface area contributed by atoms with Crippen LogP contribution in [0.1, 0.15) is 17.9 Å². The van der Waals surface area contributed by atoms with Crippen LogP contribution in [0.5, 0.6) is 5.75 Å². The molecular weight excluding hydrogens is 292 g/mol. The fraction of sp³-hybridized carbons (Fsp3) is 0.286. The van der Waals surface area contributed by atoms with Crippen LogP contribution in [0.3, 0.4) is 0 Å². The van der Waals surface area contributed by atoms with E-state index < -0.39 is 0 Å². The molecule has 0 fully saturated rings. The van der Waals surface area contributed by atoms with Crippen molar-refractivity contribution in [3.05, 3.63) is 39.6 Å². The van der Waals surface area contributed by atoms with E-state index in [-0.39, 0.29) is 16.9 Å². The number of thioether (sulfide) groups is 2. The van der Waals surface area contributed by atoms with Gasteiger partial charge in [-0.1, -0.05) is 30.8 Å². The Morgan fingerprint density at radius 2 is 2.15 bits per heavy atom. The van der Waals surface area contributed by atoms with E-state index in [0.717, 1.165) is 21.3 Å². The Labute approximate surface area is 126 Å². The zero-order valence-electron chi connectivity index (χ0n) is 11.2. The van der Waals surface area contributed by atoms with E-state index in [2.05, 4.69) is 5.32 Å². The SMILES string of the molecule is CCSC1=C(C#N)C(=O)N[C@H](c2ccc(OC)cc2)S1. The van der Waals surface area contributed by atoms with Crippen molar-refractivity contribution < 1.29 is 9.53 Å². The maximum absolute atomic E-state index is 12.0. The summed E-state index contributed by atoms with van der Waals surface area (Å²) in [5.41, 5.74) is 1.20. The molecule has 2 rings (SSSR count). The maximum Gasteiger partial charge on any atom is 0.264 e. The normalized spacial score (nSPS) is 18.4. The van der Waals surface area contributed by atoms with Gasteiger partial charge in [0.15, 0.2) is 0 Å². The number of amides is 1. The summed E-state index contributed by atoms with van der Waals surface area (Å²) < 4.78 is 5.91. The third-order valence-electron chi connectivity index (χ3n) is 2.72. The summed E-state index contributed by atoms with van der Waals surface area (Å²) in [6, 6.07) is 9.54. The second kappa shape index (κ2) is 6.73. The van der Waals surface area contributed by atoms with Gasteiger partial charge in [-0.2, -0.15) is 5.26 Å².